The number of nitrogens with zero attached hydrogens (tertiary/aromatic N) is 5. The third kappa shape index (κ3) is 1.60. The Bertz CT molecular complexity index is 389. The minimum absolute atomic E-state index is 0.135. The summed E-state index contributed by atoms with van der Waals surface area (Å²) in [4.78, 5) is 3.87. The van der Waals surface area contributed by atoms with Crippen molar-refractivity contribution in [3.8, 4) is 0 Å². The molecule has 1 atom stereocenters. The second-order valence-corrected chi connectivity index (χ2v) is 2.68. The van der Waals surface area contributed by atoms with Crippen LogP contribution in [0.25, 0.3) is 0 Å². The largest absolute Gasteiger partial charge is 0.368 e. The number of aromatic amines is 2. The van der Waals surface area contributed by atoms with Gasteiger partial charge in [0.2, 0.25) is 11.9 Å². The third-order valence-corrected chi connectivity index (χ3v) is 1.60. The zero-order valence-electron chi connectivity index (χ0n) is 7.39. The summed E-state index contributed by atoms with van der Waals surface area (Å²) in [6.07, 6.45) is 0. The molecule has 0 bridgehead atoms. The Balaban J connectivity index is 2.05. The molecule has 0 aliphatic heterocycles. The fourth-order valence-corrected chi connectivity index (χ4v) is 0.950. The first kappa shape index (κ1) is 8.41. The molecule has 0 aromatic carbocycles. The number of hydrogen-bond donors (Lipinski definition) is 4. The third-order valence-electron chi connectivity index (χ3n) is 1.60. The van der Waals surface area contributed by atoms with Gasteiger partial charge in [0.05, 0.1) is 6.04 Å². The van der Waals surface area contributed by atoms with Crippen LogP contribution in [0.1, 0.15) is 18.8 Å². The summed E-state index contributed by atoms with van der Waals surface area (Å²) < 4.78 is 0. The molecule has 9 nitrogen and oxygen atoms in total. The number of H-pyrrole nitrogens is 2. The number of aromatic nitrogens is 7. The summed E-state index contributed by atoms with van der Waals surface area (Å²) in [5, 5.41) is 22.7. The monoisotopic (exact) mass is 195 g/mol. The second kappa shape index (κ2) is 3.28. The number of nitrogens with two attached hydrogens (primary N) is 1. The molecule has 2 aromatic heterocycles. The van der Waals surface area contributed by atoms with Crippen LogP contribution in [0.2, 0.25) is 0 Å². The zero-order valence-corrected chi connectivity index (χ0v) is 7.39. The van der Waals surface area contributed by atoms with E-state index in [-0.39, 0.29) is 12.0 Å². The molecule has 9 heteroatoms. The SMILES string of the molecule is CC(Nc1n[nH]c(N)n1)c1nn[nH]n1. The van der Waals surface area contributed by atoms with E-state index in [1.807, 2.05) is 6.92 Å². The van der Waals surface area contributed by atoms with Gasteiger partial charge in [0.25, 0.3) is 0 Å². The maximum Gasteiger partial charge on any atom is 0.244 e. The lowest BCUT2D eigenvalue weighted by Crippen LogP contribution is -2.09. The van der Waals surface area contributed by atoms with Gasteiger partial charge in [-0.3, -0.25) is 0 Å². The van der Waals surface area contributed by atoms with Crippen molar-refractivity contribution in [2.24, 2.45) is 0 Å². The molecule has 0 amide bonds. The Kier molecular flexibility index (Phi) is 1.97. The summed E-state index contributed by atoms with van der Waals surface area (Å²) in [6, 6.07) is -0.135. The molecule has 0 radical (unpaired) electrons. The van der Waals surface area contributed by atoms with Gasteiger partial charge in [-0.05, 0) is 6.92 Å². The van der Waals surface area contributed by atoms with Crippen LogP contribution >= 0.6 is 0 Å². The van der Waals surface area contributed by atoms with E-state index in [0.29, 0.717) is 11.8 Å². The topological polar surface area (TPSA) is 134 Å². The van der Waals surface area contributed by atoms with Crippen molar-refractivity contribution in [2.45, 2.75) is 13.0 Å². The molecule has 0 spiro atoms. The lowest BCUT2D eigenvalue weighted by molar-refractivity contribution is 0.782. The molecule has 0 saturated carbocycles. The first-order valence-corrected chi connectivity index (χ1v) is 3.93. The number of hydrogen-bond acceptors (Lipinski definition) is 7. The quantitative estimate of drug-likeness (QED) is 0.497. The van der Waals surface area contributed by atoms with E-state index in [0.717, 1.165) is 0 Å². The van der Waals surface area contributed by atoms with Gasteiger partial charge in [-0.25, -0.2) is 5.10 Å². The minimum Gasteiger partial charge on any atom is -0.368 e. The van der Waals surface area contributed by atoms with Gasteiger partial charge in [0.15, 0.2) is 5.82 Å². The molecule has 14 heavy (non-hydrogen) atoms. The minimum atomic E-state index is -0.135. The first-order valence-electron chi connectivity index (χ1n) is 3.93. The van der Waals surface area contributed by atoms with Gasteiger partial charge < -0.3 is 11.1 Å². The molecule has 2 heterocycles. The van der Waals surface area contributed by atoms with Gasteiger partial charge in [-0.2, -0.15) is 10.2 Å². The molecule has 0 aliphatic rings. The molecule has 5 N–H and O–H groups in total. The van der Waals surface area contributed by atoms with Crippen molar-refractivity contribution in [3.63, 3.8) is 0 Å². The normalized spacial score (nSPS) is 12.6. The summed E-state index contributed by atoms with van der Waals surface area (Å²) in [5.41, 5.74) is 5.35. The Morgan fingerprint density at radius 1 is 1.43 bits per heavy atom. The van der Waals surface area contributed by atoms with Crippen molar-refractivity contribution in [1.82, 2.24) is 35.8 Å². The highest BCUT2D eigenvalue weighted by Gasteiger charge is 2.11. The molecule has 1 unspecified atom stereocenters. The van der Waals surface area contributed by atoms with Crippen LogP contribution in [0.3, 0.4) is 0 Å². The van der Waals surface area contributed by atoms with Crippen LogP contribution in [-0.2, 0) is 0 Å². The second-order valence-electron chi connectivity index (χ2n) is 2.68. The van der Waals surface area contributed by atoms with E-state index in [4.69, 9.17) is 5.73 Å². The highest BCUT2D eigenvalue weighted by Crippen LogP contribution is 2.10. The molecule has 2 aromatic rings. The van der Waals surface area contributed by atoms with E-state index < -0.39 is 0 Å². The Morgan fingerprint density at radius 3 is 2.86 bits per heavy atom. The van der Waals surface area contributed by atoms with Crippen molar-refractivity contribution >= 4 is 11.9 Å². The lowest BCUT2D eigenvalue weighted by atomic mass is 10.3. The van der Waals surface area contributed by atoms with Crippen molar-refractivity contribution in [1.29, 1.82) is 0 Å². The van der Waals surface area contributed by atoms with E-state index in [9.17, 15) is 0 Å². The van der Waals surface area contributed by atoms with Crippen LogP contribution in [0.5, 0.6) is 0 Å². The molecule has 0 saturated heterocycles. The fraction of sp³-hybridized carbons (Fsp3) is 0.400. The van der Waals surface area contributed by atoms with Gasteiger partial charge in [0.1, 0.15) is 0 Å². The Labute approximate surface area is 78.5 Å². The Hall–Kier alpha value is -2.19. The molecule has 0 aliphatic carbocycles. The summed E-state index contributed by atoms with van der Waals surface area (Å²) in [5.74, 6) is 1.20. The van der Waals surface area contributed by atoms with Crippen LogP contribution in [0.4, 0.5) is 11.9 Å². The van der Waals surface area contributed by atoms with E-state index >= 15 is 0 Å². The van der Waals surface area contributed by atoms with Crippen LogP contribution in [-0.4, -0.2) is 35.8 Å². The first-order chi connectivity index (χ1) is 6.75. The van der Waals surface area contributed by atoms with Gasteiger partial charge in [-0.1, -0.05) is 5.21 Å². The number of anilines is 2. The predicted octanol–water partition coefficient (Wildman–Crippen LogP) is -0.927. The predicted molar refractivity (Wildman–Crippen MR) is 47.0 cm³/mol. The average molecular weight is 195 g/mol. The smallest absolute Gasteiger partial charge is 0.244 e. The van der Waals surface area contributed by atoms with E-state index in [2.05, 4.69) is 41.1 Å². The standard InChI is InChI=1S/C5H9N9/c1-2(3-9-13-14-10-3)7-5-8-4(6)11-12-5/h2H,1H3,(H,9,10,13,14)(H4,6,7,8,11,12). The molecular formula is C5H9N9. The van der Waals surface area contributed by atoms with Crippen LogP contribution < -0.4 is 11.1 Å². The summed E-state index contributed by atoms with van der Waals surface area (Å²) >= 11 is 0. The van der Waals surface area contributed by atoms with E-state index in [1.54, 1.807) is 0 Å². The lowest BCUT2D eigenvalue weighted by Gasteiger charge is -2.05. The maximum atomic E-state index is 5.35. The average Bonchev–Trinajstić information content (AvgIpc) is 2.75. The number of tetrazole rings is 1. The summed E-state index contributed by atoms with van der Waals surface area (Å²) in [6.45, 7) is 1.86. The number of rotatable bonds is 3. The number of nitrogens with one attached hydrogen (secondary N) is 3. The van der Waals surface area contributed by atoms with Crippen molar-refractivity contribution < 1.29 is 0 Å². The van der Waals surface area contributed by atoms with Crippen LogP contribution in [0.15, 0.2) is 0 Å². The molecule has 0 fully saturated rings. The van der Waals surface area contributed by atoms with Gasteiger partial charge >= 0.3 is 0 Å². The van der Waals surface area contributed by atoms with Crippen LogP contribution in [0, 0.1) is 0 Å². The molecule has 74 valence electrons. The maximum absolute atomic E-state index is 5.35. The van der Waals surface area contributed by atoms with E-state index in [1.165, 1.54) is 0 Å². The number of nitrogen functional groups attached to an aromatic ring is 1. The highest BCUT2D eigenvalue weighted by atomic mass is 15.5. The molecule has 2 rings (SSSR count). The fourth-order valence-electron chi connectivity index (χ4n) is 0.950. The van der Waals surface area contributed by atoms with Gasteiger partial charge in [0, 0.05) is 0 Å². The van der Waals surface area contributed by atoms with Gasteiger partial charge in [-0.15, -0.1) is 15.3 Å². The zero-order chi connectivity index (χ0) is 9.97. The highest BCUT2D eigenvalue weighted by molar-refractivity contribution is 5.31. The molecular weight excluding hydrogens is 186 g/mol. The van der Waals surface area contributed by atoms with Crippen molar-refractivity contribution in [3.05, 3.63) is 5.82 Å². The Morgan fingerprint density at radius 2 is 2.29 bits per heavy atom. The summed E-state index contributed by atoms with van der Waals surface area (Å²) in [7, 11) is 0. The van der Waals surface area contributed by atoms with Crippen molar-refractivity contribution in [2.75, 3.05) is 11.1 Å².